The quantitative estimate of drug-likeness (QED) is 0.937. The Labute approximate surface area is 109 Å². The first kappa shape index (κ1) is 11.9. The first-order valence-electron chi connectivity index (χ1n) is 5.26. The second-order valence-corrected chi connectivity index (χ2v) is 4.41. The lowest BCUT2D eigenvalue weighted by Crippen LogP contribution is -2.00. The van der Waals surface area contributed by atoms with Crippen molar-refractivity contribution in [1.29, 1.82) is 0 Å². The Morgan fingerprint density at radius 2 is 2.24 bits per heavy atom. The number of nitrogens with one attached hydrogen (secondary N) is 1. The van der Waals surface area contributed by atoms with Crippen molar-refractivity contribution in [1.82, 2.24) is 4.98 Å². The summed E-state index contributed by atoms with van der Waals surface area (Å²) in [5.74, 6) is 0.835. The summed E-state index contributed by atoms with van der Waals surface area (Å²) in [6.07, 6.45) is 3.62. The molecule has 1 aromatic heterocycles. The zero-order valence-corrected chi connectivity index (χ0v) is 11.1. The van der Waals surface area contributed by atoms with Crippen LogP contribution in [0, 0.1) is 0 Å². The fourth-order valence-corrected chi connectivity index (χ4v) is 1.85. The summed E-state index contributed by atoms with van der Waals surface area (Å²) in [7, 11) is 1.66. The highest BCUT2D eigenvalue weighted by molar-refractivity contribution is 9.10. The molecule has 0 amide bonds. The van der Waals surface area contributed by atoms with E-state index in [1.807, 2.05) is 36.5 Å². The minimum Gasteiger partial charge on any atom is -0.497 e. The molecule has 17 heavy (non-hydrogen) atoms. The molecule has 4 heteroatoms. The number of hydrogen-bond donors (Lipinski definition) is 1. The van der Waals surface area contributed by atoms with Crippen LogP contribution in [0.3, 0.4) is 0 Å². The van der Waals surface area contributed by atoms with Gasteiger partial charge in [0, 0.05) is 29.5 Å². The average Bonchev–Trinajstić information content (AvgIpc) is 2.39. The van der Waals surface area contributed by atoms with Crippen LogP contribution in [-0.4, -0.2) is 12.1 Å². The van der Waals surface area contributed by atoms with Gasteiger partial charge in [-0.05, 0) is 39.7 Å². The number of ether oxygens (including phenoxy) is 1. The molecule has 0 saturated heterocycles. The zero-order valence-electron chi connectivity index (χ0n) is 9.48. The number of aromatic nitrogens is 1. The molecule has 0 aliphatic rings. The Hall–Kier alpha value is -1.55. The molecule has 1 aromatic carbocycles. The monoisotopic (exact) mass is 292 g/mol. The van der Waals surface area contributed by atoms with Crippen molar-refractivity contribution >= 4 is 21.6 Å². The Morgan fingerprint density at radius 3 is 2.94 bits per heavy atom. The van der Waals surface area contributed by atoms with E-state index in [9.17, 15) is 0 Å². The van der Waals surface area contributed by atoms with Gasteiger partial charge in [0.1, 0.15) is 5.75 Å². The molecule has 1 heterocycles. The van der Waals surface area contributed by atoms with Crippen molar-refractivity contribution < 1.29 is 4.74 Å². The molecule has 2 rings (SSSR count). The molecule has 0 fully saturated rings. The number of methoxy groups -OCH3 is 1. The molecular formula is C13H13BrN2O. The van der Waals surface area contributed by atoms with Crippen molar-refractivity contribution in [3.63, 3.8) is 0 Å². The van der Waals surface area contributed by atoms with E-state index in [4.69, 9.17) is 4.74 Å². The maximum atomic E-state index is 5.19. The molecule has 0 aliphatic heterocycles. The summed E-state index contributed by atoms with van der Waals surface area (Å²) in [5, 5.41) is 3.34. The molecule has 0 aliphatic carbocycles. The second-order valence-electron chi connectivity index (χ2n) is 3.56. The smallest absolute Gasteiger partial charge is 0.121 e. The summed E-state index contributed by atoms with van der Waals surface area (Å²) in [5.41, 5.74) is 2.15. The zero-order chi connectivity index (χ0) is 12.1. The van der Waals surface area contributed by atoms with Crippen molar-refractivity contribution in [3.05, 3.63) is 52.8 Å². The van der Waals surface area contributed by atoms with Gasteiger partial charge in [-0.15, -0.1) is 0 Å². The Balaban J connectivity index is 2.08. The molecule has 3 nitrogen and oxygen atoms in total. The SMILES string of the molecule is COc1ccc(Br)c(NCc2cccnc2)c1. The normalized spacial score (nSPS) is 10.0. The highest BCUT2D eigenvalue weighted by atomic mass is 79.9. The number of nitrogens with zero attached hydrogens (tertiary/aromatic N) is 1. The Kier molecular flexibility index (Phi) is 3.98. The van der Waals surface area contributed by atoms with E-state index in [1.165, 1.54) is 0 Å². The third kappa shape index (κ3) is 3.20. The van der Waals surface area contributed by atoms with E-state index < -0.39 is 0 Å². The molecule has 0 spiro atoms. The first-order valence-corrected chi connectivity index (χ1v) is 6.05. The lowest BCUT2D eigenvalue weighted by Gasteiger charge is -2.10. The fraction of sp³-hybridized carbons (Fsp3) is 0.154. The number of hydrogen-bond acceptors (Lipinski definition) is 3. The van der Waals surface area contributed by atoms with Crippen molar-refractivity contribution in [2.45, 2.75) is 6.54 Å². The van der Waals surface area contributed by atoms with Gasteiger partial charge in [-0.3, -0.25) is 4.98 Å². The molecule has 2 aromatic rings. The topological polar surface area (TPSA) is 34.1 Å². The van der Waals surface area contributed by atoms with Gasteiger partial charge in [0.2, 0.25) is 0 Å². The van der Waals surface area contributed by atoms with Gasteiger partial charge in [-0.1, -0.05) is 6.07 Å². The van der Waals surface area contributed by atoms with Crippen LogP contribution in [0.15, 0.2) is 47.2 Å². The third-order valence-corrected chi connectivity index (χ3v) is 3.07. The van der Waals surface area contributed by atoms with E-state index in [0.29, 0.717) is 0 Å². The summed E-state index contributed by atoms with van der Waals surface area (Å²) in [6.45, 7) is 0.736. The van der Waals surface area contributed by atoms with Gasteiger partial charge in [-0.2, -0.15) is 0 Å². The molecule has 0 bridgehead atoms. The van der Waals surface area contributed by atoms with E-state index in [2.05, 4.69) is 26.2 Å². The third-order valence-electron chi connectivity index (χ3n) is 2.38. The van der Waals surface area contributed by atoms with Crippen molar-refractivity contribution in [2.24, 2.45) is 0 Å². The van der Waals surface area contributed by atoms with Gasteiger partial charge in [-0.25, -0.2) is 0 Å². The largest absolute Gasteiger partial charge is 0.497 e. The highest BCUT2D eigenvalue weighted by Crippen LogP contribution is 2.27. The molecule has 0 radical (unpaired) electrons. The fourth-order valence-electron chi connectivity index (χ4n) is 1.47. The number of rotatable bonds is 4. The van der Waals surface area contributed by atoms with Crippen LogP contribution in [0.2, 0.25) is 0 Å². The van der Waals surface area contributed by atoms with E-state index in [0.717, 1.165) is 28.0 Å². The Bertz CT molecular complexity index is 488. The molecule has 1 N–H and O–H groups in total. The molecule has 88 valence electrons. The van der Waals surface area contributed by atoms with Crippen LogP contribution in [-0.2, 0) is 6.54 Å². The molecule has 0 saturated carbocycles. The summed E-state index contributed by atoms with van der Waals surface area (Å²) in [6, 6.07) is 9.80. The second kappa shape index (κ2) is 5.68. The molecular weight excluding hydrogens is 280 g/mol. The number of benzene rings is 1. The molecule has 0 unspecified atom stereocenters. The van der Waals surface area contributed by atoms with Crippen LogP contribution in [0.1, 0.15) is 5.56 Å². The van der Waals surface area contributed by atoms with Crippen LogP contribution < -0.4 is 10.1 Å². The predicted octanol–water partition coefficient (Wildman–Crippen LogP) is 3.46. The lowest BCUT2D eigenvalue weighted by molar-refractivity contribution is 0.415. The number of halogens is 1. The standard InChI is InChI=1S/C13H13BrN2O/c1-17-11-4-5-12(14)13(7-11)16-9-10-3-2-6-15-8-10/h2-8,16H,9H2,1H3. The minimum atomic E-state index is 0.736. The van der Waals surface area contributed by atoms with Crippen LogP contribution in [0.25, 0.3) is 0 Å². The van der Waals surface area contributed by atoms with Gasteiger partial charge in [0.05, 0.1) is 12.8 Å². The van der Waals surface area contributed by atoms with Gasteiger partial charge in [0.25, 0.3) is 0 Å². The molecule has 0 atom stereocenters. The Morgan fingerprint density at radius 1 is 1.35 bits per heavy atom. The summed E-state index contributed by atoms with van der Waals surface area (Å²) < 4.78 is 6.20. The van der Waals surface area contributed by atoms with Crippen LogP contribution in [0.4, 0.5) is 5.69 Å². The van der Waals surface area contributed by atoms with E-state index in [-0.39, 0.29) is 0 Å². The maximum absolute atomic E-state index is 5.19. The average molecular weight is 293 g/mol. The van der Waals surface area contributed by atoms with Crippen molar-refractivity contribution in [2.75, 3.05) is 12.4 Å². The van der Waals surface area contributed by atoms with Crippen molar-refractivity contribution in [3.8, 4) is 5.75 Å². The van der Waals surface area contributed by atoms with Gasteiger partial charge < -0.3 is 10.1 Å². The maximum Gasteiger partial charge on any atom is 0.121 e. The lowest BCUT2D eigenvalue weighted by atomic mass is 10.2. The van der Waals surface area contributed by atoms with E-state index in [1.54, 1.807) is 13.3 Å². The number of pyridine rings is 1. The van der Waals surface area contributed by atoms with Crippen LogP contribution >= 0.6 is 15.9 Å². The summed E-state index contributed by atoms with van der Waals surface area (Å²) in [4.78, 5) is 4.08. The predicted molar refractivity (Wildman–Crippen MR) is 72.3 cm³/mol. The highest BCUT2D eigenvalue weighted by Gasteiger charge is 2.01. The van der Waals surface area contributed by atoms with Gasteiger partial charge >= 0.3 is 0 Å². The summed E-state index contributed by atoms with van der Waals surface area (Å²) >= 11 is 3.50. The minimum absolute atomic E-state index is 0.736. The van der Waals surface area contributed by atoms with E-state index >= 15 is 0 Å². The van der Waals surface area contributed by atoms with Crippen LogP contribution in [0.5, 0.6) is 5.75 Å². The van der Waals surface area contributed by atoms with Gasteiger partial charge in [0.15, 0.2) is 0 Å². The number of anilines is 1. The first-order chi connectivity index (χ1) is 8.29.